The molecule has 0 atom stereocenters. The third kappa shape index (κ3) is 4.68. The van der Waals surface area contributed by atoms with Gasteiger partial charge in [0.2, 0.25) is 0 Å². The molecule has 0 aliphatic carbocycles. The lowest BCUT2D eigenvalue weighted by Crippen LogP contribution is -2.35. The highest BCUT2D eigenvalue weighted by Gasteiger charge is 2.12. The van der Waals surface area contributed by atoms with Crippen molar-refractivity contribution in [2.45, 2.75) is 13.3 Å². The van der Waals surface area contributed by atoms with Crippen molar-refractivity contribution in [3.8, 4) is 18.1 Å². The Morgan fingerprint density at radius 3 is 2.94 bits per heavy atom. The molecule has 1 rings (SSSR count). The molecule has 0 saturated heterocycles. The van der Waals surface area contributed by atoms with Crippen molar-refractivity contribution < 1.29 is 9.53 Å². The van der Waals surface area contributed by atoms with Gasteiger partial charge in [0, 0.05) is 11.6 Å². The normalized spacial score (nSPS) is 9.61. The molecular weight excluding hydrogens is 250 g/mol. The van der Waals surface area contributed by atoms with Crippen LogP contribution in [0.2, 0.25) is 5.02 Å². The number of amides is 1. The number of nitrogens with zero attached hydrogens (tertiary/aromatic N) is 1. The van der Waals surface area contributed by atoms with Gasteiger partial charge in [-0.2, -0.15) is 0 Å². The number of rotatable bonds is 6. The molecule has 0 heterocycles. The van der Waals surface area contributed by atoms with Gasteiger partial charge in [-0.1, -0.05) is 30.5 Å². The molecule has 0 aliphatic heterocycles. The van der Waals surface area contributed by atoms with Crippen LogP contribution in [0, 0.1) is 12.3 Å². The Morgan fingerprint density at radius 2 is 2.33 bits per heavy atom. The monoisotopic (exact) mass is 265 g/mol. The lowest BCUT2D eigenvalue weighted by atomic mass is 10.3. The zero-order valence-corrected chi connectivity index (χ0v) is 11.1. The van der Waals surface area contributed by atoms with Gasteiger partial charge in [-0.3, -0.25) is 4.79 Å². The Bertz CT molecular complexity index is 440. The SMILES string of the molecule is C#CCN(CCC)C(=O)COc1cccc(Cl)c1. The van der Waals surface area contributed by atoms with E-state index in [1.165, 1.54) is 0 Å². The first kappa shape index (κ1) is 14.4. The van der Waals surface area contributed by atoms with Gasteiger partial charge in [-0.05, 0) is 24.6 Å². The van der Waals surface area contributed by atoms with Crippen LogP contribution in [0.25, 0.3) is 0 Å². The molecular formula is C14H16ClNO2. The van der Waals surface area contributed by atoms with E-state index in [0.717, 1.165) is 6.42 Å². The minimum absolute atomic E-state index is 0.0258. The number of carbonyl (C=O) groups excluding carboxylic acids is 1. The smallest absolute Gasteiger partial charge is 0.261 e. The number of terminal acetylenes is 1. The fourth-order valence-corrected chi connectivity index (χ4v) is 1.65. The van der Waals surface area contributed by atoms with E-state index in [-0.39, 0.29) is 12.5 Å². The first-order valence-electron chi connectivity index (χ1n) is 5.77. The van der Waals surface area contributed by atoms with Crippen molar-refractivity contribution in [2.75, 3.05) is 19.7 Å². The van der Waals surface area contributed by atoms with E-state index in [0.29, 0.717) is 23.9 Å². The maximum Gasteiger partial charge on any atom is 0.261 e. The molecule has 1 amide bonds. The van der Waals surface area contributed by atoms with E-state index in [9.17, 15) is 4.79 Å². The molecule has 0 N–H and O–H groups in total. The third-order valence-corrected chi connectivity index (χ3v) is 2.52. The van der Waals surface area contributed by atoms with Crippen LogP contribution in [0.4, 0.5) is 0 Å². The number of ether oxygens (including phenoxy) is 1. The van der Waals surface area contributed by atoms with Crippen LogP contribution in [-0.4, -0.2) is 30.5 Å². The van der Waals surface area contributed by atoms with Gasteiger partial charge in [0.1, 0.15) is 5.75 Å². The van der Waals surface area contributed by atoms with Crippen molar-refractivity contribution in [1.82, 2.24) is 4.90 Å². The summed E-state index contributed by atoms with van der Waals surface area (Å²) >= 11 is 5.82. The van der Waals surface area contributed by atoms with Crippen LogP contribution >= 0.6 is 11.6 Å². The molecule has 4 heteroatoms. The highest BCUT2D eigenvalue weighted by Crippen LogP contribution is 2.17. The molecule has 0 aromatic heterocycles. The summed E-state index contributed by atoms with van der Waals surface area (Å²) in [5.41, 5.74) is 0. The summed E-state index contributed by atoms with van der Waals surface area (Å²) in [5, 5.41) is 0.578. The van der Waals surface area contributed by atoms with Gasteiger partial charge in [-0.15, -0.1) is 6.42 Å². The van der Waals surface area contributed by atoms with Crippen molar-refractivity contribution >= 4 is 17.5 Å². The molecule has 0 fully saturated rings. The van der Waals surface area contributed by atoms with Crippen LogP contribution < -0.4 is 4.74 Å². The van der Waals surface area contributed by atoms with Gasteiger partial charge in [-0.25, -0.2) is 0 Å². The van der Waals surface area contributed by atoms with Gasteiger partial charge in [0.25, 0.3) is 5.91 Å². The fraction of sp³-hybridized carbons (Fsp3) is 0.357. The highest BCUT2D eigenvalue weighted by atomic mass is 35.5. The second kappa shape index (κ2) is 7.62. The van der Waals surface area contributed by atoms with E-state index < -0.39 is 0 Å². The predicted molar refractivity (Wildman–Crippen MR) is 72.7 cm³/mol. The molecule has 0 radical (unpaired) electrons. The first-order valence-corrected chi connectivity index (χ1v) is 6.14. The zero-order chi connectivity index (χ0) is 13.4. The third-order valence-electron chi connectivity index (χ3n) is 2.29. The number of halogens is 1. The van der Waals surface area contributed by atoms with Crippen molar-refractivity contribution in [3.63, 3.8) is 0 Å². The minimum atomic E-state index is -0.116. The number of carbonyl (C=O) groups is 1. The molecule has 0 spiro atoms. The van der Waals surface area contributed by atoms with E-state index in [1.54, 1.807) is 29.2 Å². The summed E-state index contributed by atoms with van der Waals surface area (Å²) in [6.45, 7) is 2.92. The van der Waals surface area contributed by atoms with E-state index in [2.05, 4.69) is 5.92 Å². The molecule has 0 unspecified atom stereocenters. The van der Waals surface area contributed by atoms with E-state index in [4.69, 9.17) is 22.8 Å². The van der Waals surface area contributed by atoms with Crippen LogP contribution in [-0.2, 0) is 4.79 Å². The largest absolute Gasteiger partial charge is 0.484 e. The summed E-state index contributed by atoms with van der Waals surface area (Å²) in [6.07, 6.45) is 6.09. The Hall–Kier alpha value is -1.66. The minimum Gasteiger partial charge on any atom is -0.484 e. The quantitative estimate of drug-likeness (QED) is 0.740. The second-order valence-corrected chi connectivity index (χ2v) is 4.20. The van der Waals surface area contributed by atoms with Gasteiger partial charge in [0.05, 0.1) is 6.54 Å². The molecule has 1 aromatic rings. The molecule has 3 nitrogen and oxygen atoms in total. The van der Waals surface area contributed by atoms with Crippen LogP contribution in [0.5, 0.6) is 5.75 Å². The predicted octanol–water partition coefficient (Wildman–Crippen LogP) is 2.59. The lowest BCUT2D eigenvalue weighted by Gasteiger charge is -2.19. The summed E-state index contributed by atoms with van der Waals surface area (Å²) in [4.78, 5) is 13.5. The van der Waals surface area contributed by atoms with E-state index in [1.807, 2.05) is 6.92 Å². The van der Waals surface area contributed by atoms with Crippen molar-refractivity contribution in [1.29, 1.82) is 0 Å². The molecule has 96 valence electrons. The highest BCUT2D eigenvalue weighted by molar-refractivity contribution is 6.30. The second-order valence-electron chi connectivity index (χ2n) is 3.77. The number of benzene rings is 1. The summed E-state index contributed by atoms with van der Waals surface area (Å²) in [7, 11) is 0. The lowest BCUT2D eigenvalue weighted by molar-refractivity contribution is -0.132. The summed E-state index contributed by atoms with van der Waals surface area (Å²) < 4.78 is 5.38. The molecule has 0 aliphatic rings. The average molecular weight is 266 g/mol. The maximum atomic E-state index is 11.9. The Labute approximate surface area is 113 Å². The van der Waals surface area contributed by atoms with Crippen LogP contribution in [0.15, 0.2) is 24.3 Å². The number of hydrogen-bond donors (Lipinski definition) is 0. The molecule has 0 saturated carbocycles. The topological polar surface area (TPSA) is 29.5 Å². The van der Waals surface area contributed by atoms with Crippen LogP contribution in [0.1, 0.15) is 13.3 Å². The standard InChI is InChI=1S/C14H16ClNO2/c1-3-8-16(9-4-2)14(17)11-18-13-7-5-6-12(15)10-13/h1,5-7,10H,4,8-9,11H2,2H3. The van der Waals surface area contributed by atoms with E-state index >= 15 is 0 Å². The molecule has 0 bridgehead atoms. The number of hydrogen-bond acceptors (Lipinski definition) is 2. The fourth-order valence-electron chi connectivity index (χ4n) is 1.47. The van der Waals surface area contributed by atoms with Crippen LogP contribution in [0.3, 0.4) is 0 Å². The Morgan fingerprint density at radius 1 is 1.56 bits per heavy atom. The summed E-state index contributed by atoms with van der Waals surface area (Å²) in [6, 6.07) is 6.94. The molecule has 1 aromatic carbocycles. The van der Waals surface area contributed by atoms with Gasteiger partial charge >= 0.3 is 0 Å². The zero-order valence-electron chi connectivity index (χ0n) is 10.4. The first-order chi connectivity index (χ1) is 8.67. The maximum absolute atomic E-state index is 11.9. The van der Waals surface area contributed by atoms with Crippen molar-refractivity contribution in [2.24, 2.45) is 0 Å². The molecule has 18 heavy (non-hydrogen) atoms. The summed E-state index contributed by atoms with van der Waals surface area (Å²) in [5.74, 6) is 2.93. The Balaban J connectivity index is 2.51. The Kier molecular flexibility index (Phi) is 6.10. The van der Waals surface area contributed by atoms with Gasteiger partial charge in [0.15, 0.2) is 6.61 Å². The van der Waals surface area contributed by atoms with Crippen molar-refractivity contribution in [3.05, 3.63) is 29.3 Å². The van der Waals surface area contributed by atoms with Gasteiger partial charge < -0.3 is 9.64 Å². The average Bonchev–Trinajstić information content (AvgIpc) is 2.36.